The van der Waals surface area contributed by atoms with E-state index in [2.05, 4.69) is 5.32 Å². The smallest absolute Gasteiger partial charge is 0.263 e. The molecule has 0 fully saturated rings. The van der Waals surface area contributed by atoms with Gasteiger partial charge < -0.3 is 14.8 Å². The van der Waals surface area contributed by atoms with Crippen molar-refractivity contribution in [2.75, 3.05) is 36.9 Å². The van der Waals surface area contributed by atoms with Gasteiger partial charge in [-0.15, -0.1) is 0 Å². The molecule has 23 heavy (non-hydrogen) atoms. The molecule has 1 aromatic rings. The minimum absolute atomic E-state index is 0.0245. The van der Waals surface area contributed by atoms with E-state index < -0.39 is 16.1 Å². The van der Waals surface area contributed by atoms with Crippen LogP contribution in [0.3, 0.4) is 0 Å². The van der Waals surface area contributed by atoms with E-state index in [9.17, 15) is 13.2 Å². The van der Waals surface area contributed by atoms with Crippen molar-refractivity contribution in [3.63, 3.8) is 0 Å². The van der Waals surface area contributed by atoms with Crippen molar-refractivity contribution in [1.29, 1.82) is 0 Å². The molecule has 7 nitrogen and oxygen atoms in total. The SMILES string of the molecule is CCS(=O)(=O)N1C[C@H](C(=O)NCCCOC)Oc2ccccc21. The van der Waals surface area contributed by atoms with E-state index in [0.29, 0.717) is 31.0 Å². The lowest BCUT2D eigenvalue weighted by Gasteiger charge is -2.34. The number of hydrogen-bond acceptors (Lipinski definition) is 5. The first-order chi connectivity index (χ1) is 11.0. The van der Waals surface area contributed by atoms with Gasteiger partial charge in [0.2, 0.25) is 10.0 Å². The summed E-state index contributed by atoms with van der Waals surface area (Å²) in [4.78, 5) is 12.2. The van der Waals surface area contributed by atoms with Gasteiger partial charge in [0.15, 0.2) is 6.10 Å². The maximum atomic E-state index is 12.3. The molecule has 128 valence electrons. The Balaban J connectivity index is 2.15. The summed E-state index contributed by atoms with van der Waals surface area (Å²) in [5.41, 5.74) is 0.470. The van der Waals surface area contributed by atoms with Crippen molar-refractivity contribution in [3.8, 4) is 5.75 Å². The molecule has 1 aromatic carbocycles. The lowest BCUT2D eigenvalue weighted by Crippen LogP contribution is -2.51. The molecular weight excluding hydrogens is 320 g/mol. The first-order valence-corrected chi connectivity index (χ1v) is 9.13. The summed E-state index contributed by atoms with van der Waals surface area (Å²) < 4.78 is 36.5. The van der Waals surface area contributed by atoms with Crippen LogP contribution in [0.15, 0.2) is 24.3 Å². The maximum Gasteiger partial charge on any atom is 0.263 e. The number of carbonyl (C=O) groups excluding carboxylic acids is 1. The minimum atomic E-state index is -3.48. The third kappa shape index (κ3) is 4.14. The number of nitrogens with one attached hydrogen (secondary N) is 1. The molecule has 1 aliphatic rings. The standard InChI is InChI=1S/C15H22N2O5S/c1-3-23(19,20)17-11-14(15(18)16-9-6-10-21-2)22-13-8-5-4-7-12(13)17/h4-5,7-8,14H,3,6,9-11H2,1-2H3,(H,16,18)/t14-/m1/s1. The van der Waals surface area contributed by atoms with Crippen molar-refractivity contribution >= 4 is 21.6 Å². The lowest BCUT2D eigenvalue weighted by molar-refractivity contribution is -0.127. The van der Waals surface area contributed by atoms with Crippen molar-refractivity contribution < 1.29 is 22.7 Å². The fraction of sp³-hybridized carbons (Fsp3) is 0.533. The fourth-order valence-corrected chi connectivity index (χ4v) is 3.42. The van der Waals surface area contributed by atoms with Crippen molar-refractivity contribution in [2.45, 2.75) is 19.4 Å². The third-order valence-corrected chi connectivity index (χ3v) is 5.30. The number of methoxy groups -OCH3 is 1. The molecule has 0 saturated heterocycles. The van der Waals surface area contributed by atoms with Gasteiger partial charge in [-0.05, 0) is 25.5 Å². The quantitative estimate of drug-likeness (QED) is 0.740. The zero-order valence-corrected chi connectivity index (χ0v) is 14.1. The molecule has 0 aliphatic carbocycles. The molecule has 8 heteroatoms. The Morgan fingerprint density at radius 3 is 2.87 bits per heavy atom. The average molecular weight is 342 g/mol. The molecule has 0 radical (unpaired) electrons. The zero-order valence-electron chi connectivity index (χ0n) is 13.3. The fourth-order valence-electron chi connectivity index (χ4n) is 2.30. The Labute approximate surface area is 136 Å². The molecule has 0 bridgehead atoms. The molecule has 1 amide bonds. The van der Waals surface area contributed by atoms with E-state index >= 15 is 0 Å². The second-order valence-corrected chi connectivity index (χ2v) is 7.33. The summed E-state index contributed by atoms with van der Waals surface area (Å²) in [6.45, 7) is 2.55. The monoisotopic (exact) mass is 342 g/mol. The highest BCUT2D eigenvalue weighted by molar-refractivity contribution is 7.92. The average Bonchev–Trinajstić information content (AvgIpc) is 2.57. The number of amides is 1. The van der Waals surface area contributed by atoms with Crippen LogP contribution in [-0.2, 0) is 19.6 Å². The summed E-state index contributed by atoms with van der Waals surface area (Å²) in [5.74, 6) is 0.0310. The van der Waals surface area contributed by atoms with Gasteiger partial charge in [0.05, 0.1) is 18.0 Å². The molecule has 2 rings (SSSR count). The number of benzene rings is 1. The number of rotatable bonds is 7. The Morgan fingerprint density at radius 1 is 1.43 bits per heavy atom. The maximum absolute atomic E-state index is 12.3. The van der Waals surface area contributed by atoms with E-state index in [1.807, 2.05) is 0 Å². The van der Waals surface area contributed by atoms with Crippen molar-refractivity contribution in [1.82, 2.24) is 5.32 Å². The number of hydrogen-bond donors (Lipinski definition) is 1. The van der Waals surface area contributed by atoms with Gasteiger partial charge in [-0.3, -0.25) is 9.10 Å². The highest BCUT2D eigenvalue weighted by atomic mass is 32.2. The topological polar surface area (TPSA) is 84.9 Å². The summed E-state index contributed by atoms with van der Waals surface area (Å²) in [6, 6.07) is 6.83. The van der Waals surface area contributed by atoms with E-state index in [4.69, 9.17) is 9.47 Å². The summed E-state index contributed by atoms with van der Waals surface area (Å²) in [5, 5.41) is 2.74. The van der Waals surface area contributed by atoms with Gasteiger partial charge in [0, 0.05) is 20.3 Å². The van der Waals surface area contributed by atoms with E-state index in [-0.39, 0.29) is 18.2 Å². The van der Waals surface area contributed by atoms with Crippen molar-refractivity contribution in [2.24, 2.45) is 0 Å². The zero-order chi connectivity index (χ0) is 16.9. The van der Waals surface area contributed by atoms with Crippen LogP contribution in [0.4, 0.5) is 5.69 Å². The van der Waals surface area contributed by atoms with Gasteiger partial charge in [0.1, 0.15) is 5.75 Å². The van der Waals surface area contributed by atoms with Crippen LogP contribution in [0.1, 0.15) is 13.3 Å². The molecule has 0 spiro atoms. The van der Waals surface area contributed by atoms with Crippen LogP contribution >= 0.6 is 0 Å². The van der Waals surface area contributed by atoms with Crippen LogP contribution in [0.25, 0.3) is 0 Å². The largest absolute Gasteiger partial charge is 0.476 e. The van der Waals surface area contributed by atoms with Gasteiger partial charge in [0.25, 0.3) is 5.91 Å². The highest BCUT2D eigenvalue weighted by Gasteiger charge is 2.35. The van der Waals surface area contributed by atoms with Crippen LogP contribution < -0.4 is 14.4 Å². The first kappa shape index (κ1) is 17.6. The number of sulfonamides is 1. The molecule has 0 saturated carbocycles. The molecule has 1 atom stereocenters. The Hall–Kier alpha value is -1.80. The summed E-state index contributed by atoms with van der Waals surface area (Å²) >= 11 is 0. The molecule has 0 aromatic heterocycles. The van der Waals surface area contributed by atoms with E-state index in [1.54, 1.807) is 38.3 Å². The van der Waals surface area contributed by atoms with Crippen molar-refractivity contribution in [3.05, 3.63) is 24.3 Å². The Bertz CT molecular complexity index is 647. The number of para-hydroxylation sites is 2. The number of anilines is 1. The second kappa shape index (κ2) is 7.65. The number of nitrogens with zero attached hydrogens (tertiary/aromatic N) is 1. The minimum Gasteiger partial charge on any atom is -0.476 e. The second-order valence-electron chi connectivity index (χ2n) is 5.14. The van der Waals surface area contributed by atoms with E-state index in [1.165, 1.54) is 4.31 Å². The van der Waals surface area contributed by atoms with Gasteiger partial charge in [-0.2, -0.15) is 0 Å². The van der Waals surface area contributed by atoms with Gasteiger partial charge in [-0.1, -0.05) is 12.1 Å². The third-order valence-electron chi connectivity index (χ3n) is 3.55. The van der Waals surface area contributed by atoms with Crippen LogP contribution in [0, 0.1) is 0 Å². The van der Waals surface area contributed by atoms with Gasteiger partial charge >= 0.3 is 0 Å². The Morgan fingerprint density at radius 2 is 2.17 bits per heavy atom. The molecule has 0 unspecified atom stereocenters. The van der Waals surface area contributed by atoms with Crippen LogP contribution in [-0.4, -0.2) is 53.0 Å². The lowest BCUT2D eigenvalue weighted by atomic mass is 10.2. The number of carbonyl (C=O) groups is 1. The predicted molar refractivity (Wildman–Crippen MR) is 87.2 cm³/mol. The van der Waals surface area contributed by atoms with Crippen LogP contribution in [0.5, 0.6) is 5.75 Å². The summed E-state index contributed by atoms with van der Waals surface area (Å²) in [6.07, 6.45) is -0.184. The summed E-state index contributed by atoms with van der Waals surface area (Å²) in [7, 11) is -1.88. The van der Waals surface area contributed by atoms with Gasteiger partial charge in [-0.25, -0.2) is 8.42 Å². The Kier molecular flexibility index (Phi) is 5.84. The van der Waals surface area contributed by atoms with Crippen LogP contribution in [0.2, 0.25) is 0 Å². The molecular formula is C15H22N2O5S. The first-order valence-electron chi connectivity index (χ1n) is 7.52. The number of fused-ring (bicyclic) bond motifs is 1. The number of ether oxygens (including phenoxy) is 2. The normalized spacial score (nSPS) is 17.3. The highest BCUT2D eigenvalue weighted by Crippen LogP contribution is 2.34. The molecule has 1 heterocycles. The molecule has 1 N–H and O–H groups in total. The molecule has 1 aliphatic heterocycles. The van der Waals surface area contributed by atoms with E-state index in [0.717, 1.165) is 0 Å². The predicted octanol–water partition coefficient (Wildman–Crippen LogP) is 0.756.